The second-order valence-corrected chi connectivity index (χ2v) is 11.4. The fourth-order valence-corrected chi connectivity index (χ4v) is 7.56. The van der Waals surface area contributed by atoms with Crippen LogP contribution in [0, 0.1) is 28.6 Å². The third kappa shape index (κ3) is 4.32. The van der Waals surface area contributed by atoms with Gasteiger partial charge in [0.1, 0.15) is 17.6 Å². The molecule has 0 N–H and O–H groups in total. The predicted octanol–water partition coefficient (Wildman–Crippen LogP) is 4.68. The third-order valence-corrected chi connectivity index (χ3v) is 9.27. The molecule has 7 atom stereocenters. The highest BCUT2D eigenvalue weighted by Crippen LogP contribution is 2.65. The van der Waals surface area contributed by atoms with E-state index in [0.29, 0.717) is 36.3 Å². The molecule has 0 spiro atoms. The van der Waals surface area contributed by atoms with E-state index in [0.717, 1.165) is 5.56 Å². The van der Waals surface area contributed by atoms with Crippen molar-refractivity contribution in [1.29, 1.82) is 0 Å². The summed E-state index contributed by atoms with van der Waals surface area (Å²) in [5, 5.41) is 0. The molecule has 9 heteroatoms. The van der Waals surface area contributed by atoms with Gasteiger partial charge in [0.05, 0.1) is 32.3 Å². The van der Waals surface area contributed by atoms with Crippen LogP contribution in [-0.2, 0) is 33.4 Å². The molecular formula is C30H34O9. The molecule has 0 amide bonds. The van der Waals surface area contributed by atoms with E-state index in [1.165, 1.54) is 14.0 Å². The molecule has 2 aliphatic carbocycles. The molecular weight excluding hydrogens is 504 g/mol. The average molecular weight is 539 g/mol. The first-order chi connectivity index (χ1) is 18.5. The second kappa shape index (κ2) is 9.84. The summed E-state index contributed by atoms with van der Waals surface area (Å²) in [5.41, 5.74) is -0.188. The summed E-state index contributed by atoms with van der Waals surface area (Å²) < 4.78 is 27.8. The molecule has 39 heavy (non-hydrogen) atoms. The van der Waals surface area contributed by atoms with Gasteiger partial charge in [0.15, 0.2) is 11.9 Å². The van der Waals surface area contributed by atoms with Crippen molar-refractivity contribution in [1.82, 2.24) is 0 Å². The number of rotatable bonds is 5. The third-order valence-electron chi connectivity index (χ3n) is 9.27. The molecule has 1 aromatic carbocycles. The summed E-state index contributed by atoms with van der Waals surface area (Å²) in [4.78, 5) is 52.5. The maximum absolute atomic E-state index is 14.1. The van der Waals surface area contributed by atoms with Crippen molar-refractivity contribution in [3.05, 3.63) is 42.2 Å². The Morgan fingerprint density at radius 3 is 2.54 bits per heavy atom. The van der Waals surface area contributed by atoms with Crippen LogP contribution in [0.5, 0.6) is 5.75 Å². The molecule has 9 nitrogen and oxygen atoms in total. The van der Waals surface area contributed by atoms with Gasteiger partial charge in [-0.1, -0.05) is 26.0 Å². The Labute approximate surface area is 227 Å². The SMILES string of the molecule is COC(=O)[C@@H]1C[C@H](OC(C)=O)C(=O)[C@H]2[C@@]1(C)CC[C@H]1C(=O)O[C@H](c3ccoc3-c3cccc(OC)c3)C[C@]21C. The lowest BCUT2D eigenvalue weighted by Gasteiger charge is -2.61. The molecule has 2 aromatic rings. The average Bonchev–Trinajstić information content (AvgIpc) is 3.39. The number of hydrogen-bond donors (Lipinski definition) is 0. The Morgan fingerprint density at radius 2 is 1.85 bits per heavy atom. The van der Waals surface area contributed by atoms with Gasteiger partial charge in [-0.25, -0.2) is 0 Å². The monoisotopic (exact) mass is 538 g/mol. The summed E-state index contributed by atoms with van der Waals surface area (Å²) in [6.07, 6.45) is 1.13. The van der Waals surface area contributed by atoms with E-state index >= 15 is 0 Å². The smallest absolute Gasteiger partial charge is 0.310 e. The minimum atomic E-state index is -1.09. The number of fused-ring (bicyclic) bond motifs is 3. The van der Waals surface area contributed by atoms with Gasteiger partial charge in [-0.3, -0.25) is 19.2 Å². The van der Waals surface area contributed by atoms with Crippen LogP contribution in [0.15, 0.2) is 41.0 Å². The Balaban J connectivity index is 1.57. The van der Waals surface area contributed by atoms with E-state index in [-0.39, 0.29) is 18.2 Å². The van der Waals surface area contributed by atoms with E-state index in [1.54, 1.807) is 19.4 Å². The van der Waals surface area contributed by atoms with Gasteiger partial charge in [0.2, 0.25) is 0 Å². The normalized spacial score (nSPS) is 33.8. The number of furan rings is 1. The Hall–Kier alpha value is -3.62. The van der Waals surface area contributed by atoms with E-state index in [4.69, 9.17) is 23.4 Å². The minimum absolute atomic E-state index is 0.0639. The fourth-order valence-electron chi connectivity index (χ4n) is 7.56. The van der Waals surface area contributed by atoms with Gasteiger partial charge in [0, 0.05) is 30.4 Å². The van der Waals surface area contributed by atoms with Crippen molar-refractivity contribution >= 4 is 23.7 Å². The van der Waals surface area contributed by atoms with Crippen LogP contribution in [0.4, 0.5) is 0 Å². The molecule has 2 heterocycles. The summed E-state index contributed by atoms with van der Waals surface area (Å²) >= 11 is 0. The topological polar surface area (TPSA) is 118 Å². The molecule has 0 bridgehead atoms. The van der Waals surface area contributed by atoms with Crippen molar-refractivity contribution in [2.24, 2.45) is 28.6 Å². The molecule has 5 rings (SSSR count). The van der Waals surface area contributed by atoms with Crippen molar-refractivity contribution in [3.63, 3.8) is 0 Å². The van der Waals surface area contributed by atoms with Gasteiger partial charge < -0.3 is 23.4 Å². The van der Waals surface area contributed by atoms with Crippen LogP contribution < -0.4 is 4.74 Å². The predicted molar refractivity (Wildman–Crippen MR) is 137 cm³/mol. The number of hydrogen-bond acceptors (Lipinski definition) is 9. The van der Waals surface area contributed by atoms with Crippen LogP contribution in [0.2, 0.25) is 0 Å². The number of carbonyl (C=O) groups excluding carboxylic acids is 4. The highest BCUT2D eigenvalue weighted by Gasteiger charge is 2.67. The van der Waals surface area contributed by atoms with Crippen LogP contribution >= 0.6 is 0 Å². The second-order valence-electron chi connectivity index (χ2n) is 11.4. The number of ether oxygens (including phenoxy) is 4. The Bertz CT molecular complexity index is 1310. The molecule has 2 saturated carbocycles. The molecule has 1 aromatic heterocycles. The summed E-state index contributed by atoms with van der Waals surface area (Å²) in [6, 6.07) is 9.17. The van der Waals surface area contributed by atoms with Gasteiger partial charge in [-0.2, -0.15) is 0 Å². The minimum Gasteiger partial charge on any atom is -0.497 e. The molecule has 208 valence electrons. The zero-order chi connectivity index (χ0) is 28.1. The van der Waals surface area contributed by atoms with Gasteiger partial charge in [-0.15, -0.1) is 0 Å². The molecule has 0 radical (unpaired) electrons. The molecule has 3 fully saturated rings. The lowest BCUT2D eigenvalue weighted by molar-refractivity contribution is -0.210. The summed E-state index contributed by atoms with van der Waals surface area (Å²) in [6.45, 7) is 5.10. The first-order valence-electron chi connectivity index (χ1n) is 13.2. The molecule has 3 aliphatic rings. The van der Waals surface area contributed by atoms with Crippen LogP contribution in [0.1, 0.15) is 58.1 Å². The summed E-state index contributed by atoms with van der Waals surface area (Å²) in [5.74, 6) is -2.41. The van der Waals surface area contributed by atoms with Gasteiger partial charge in [0.25, 0.3) is 0 Å². The number of cyclic esters (lactones) is 1. The van der Waals surface area contributed by atoms with Crippen LogP contribution in [0.25, 0.3) is 11.3 Å². The standard InChI is InChI=1S/C30H34O9/c1-16(31)38-22-14-21(27(33)36-5)29(2)11-9-20-28(34)39-23(15-30(20,3)26(29)24(22)32)19-10-12-37-25(19)17-7-6-8-18(13-17)35-4/h6-8,10,12-13,20-23,26H,9,11,14-15H2,1-5H3/t20-,21-,22-,23-,26-,29-,30-/m0/s1. The first-order valence-corrected chi connectivity index (χ1v) is 13.2. The fraction of sp³-hybridized carbons (Fsp3) is 0.533. The van der Waals surface area contributed by atoms with Gasteiger partial charge >= 0.3 is 17.9 Å². The lowest BCUT2D eigenvalue weighted by atomic mass is 9.43. The van der Waals surface area contributed by atoms with E-state index in [2.05, 4.69) is 0 Å². The van der Waals surface area contributed by atoms with Crippen LogP contribution in [-0.4, -0.2) is 44.0 Å². The van der Waals surface area contributed by atoms with E-state index < -0.39 is 52.7 Å². The Kier molecular flexibility index (Phi) is 6.81. The van der Waals surface area contributed by atoms with Crippen molar-refractivity contribution in [2.45, 2.75) is 58.7 Å². The zero-order valence-corrected chi connectivity index (χ0v) is 22.9. The van der Waals surface area contributed by atoms with Crippen molar-refractivity contribution < 1.29 is 42.5 Å². The Morgan fingerprint density at radius 1 is 1.08 bits per heavy atom. The lowest BCUT2D eigenvalue weighted by Crippen LogP contribution is -2.64. The van der Waals surface area contributed by atoms with E-state index in [1.807, 2.05) is 38.1 Å². The molecule has 1 saturated heterocycles. The van der Waals surface area contributed by atoms with E-state index in [9.17, 15) is 19.2 Å². The number of methoxy groups -OCH3 is 2. The van der Waals surface area contributed by atoms with Gasteiger partial charge in [-0.05, 0) is 48.3 Å². The highest BCUT2D eigenvalue weighted by atomic mass is 16.6. The number of Topliss-reactive ketones (excluding diaryl/α,β-unsaturated/α-hetero) is 1. The van der Waals surface area contributed by atoms with Crippen molar-refractivity contribution in [3.8, 4) is 17.1 Å². The molecule has 1 aliphatic heterocycles. The van der Waals surface area contributed by atoms with Crippen molar-refractivity contribution in [2.75, 3.05) is 14.2 Å². The summed E-state index contributed by atoms with van der Waals surface area (Å²) in [7, 11) is 2.90. The highest BCUT2D eigenvalue weighted by molar-refractivity contribution is 5.93. The maximum atomic E-state index is 14.1. The quantitative estimate of drug-likeness (QED) is 0.395. The number of benzene rings is 1. The number of esters is 3. The van der Waals surface area contributed by atoms with Crippen LogP contribution in [0.3, 0.4) is 0 Å². The zero-order valence-electron chi connectivity index (χ0n) is 22.9. The largest absolute Gasteiger partial charge is 0.497 e. The molecule has 0 unspecified atom stereocenters. The number of carbonyl (C=O) groups is 4. The first kappa shape index (κ1) is 27.0. The number of ketones is 1. The maximum Gasteiger partial charge on any atom is 0.310 e.